The highest BCUT2D eigenvalue weighted by molar-refractivity contribution is 5.99. The van der Waals surface area contributed by atoms with E-state index in [-0.39, 0.29) is 0 Å². The zero-order valence-electron chi connectivity index (χ0n) is 12.1. The summed E-state index contributed by atoms with van der Waals surface area (Å²) in [4.78, 5) is 13.9. The third kappa shape index (κ3) is 3.87. The maximum Gasteiger partial charge on any atom is 0.250 e. The molecule has 1 fully saturated rings. The highest BCUT2D eigenvalue weighted by Crippen LogP contribution is 2.19. The summed E-state index contributed by atoms with van der Waals surface area (Å²) < 4.78 is 0. The number of carbonyl (C=O) groups is 1. The van der Waals surface area contributed by atoms with Gasteiger partial charge in [0.25, 0.3) is 5.91 Å². The van der Waals surface area contributed by atoms with E-state index in [0.717, 1.165) is 18.8 Å². The average molecular weight is 276 g/mol. The van der Waals surface area contributed by atoms with E-state index in [2.05, 4.69) is 17.1 Å². The van der Waals surface area contributed by atoms with E-state index >= 15 is 0 Å². The number of primary amides is 1. The molecule has 0 aromatic heterocycles. The monoisotopic (exact) mass is 276 g/mol. The third-order valence-corrected chi connectivity index (χ3v) is 3.72. The Labute approximate surface area is 120 Å². The number of hydrogen-bond acceptors (Lipinski definition) is 4. The van der Waals surface area contributed by atoms with Gasteiger partial charge in [0, 0.05) is 24.5 Å². The van der Waals surface area contributed by atoms with Crippen LogP contribution in [0.1, 0.15) is 30.1 Å². The minimum absolute atomic E-state index is 0.431. The molecule has 1 aromatic carbocycles. The first-order valence-electron chi connectivity index (χ1n) is 7.22. The number of nitrogens with one attached hydrogen (secondary N) is 1. The summed E-state index contributed by atoms with van der Waals surface area (Å²) in [5, 5.41) is 3.30. The van der Waals surface area contributed by atoms with E-state index in [1.165, 1.54) is 25.9 Å². The van der Waals surface area contributed by atoms with Crippen molar-refractivity contribution in [2.75, 3.05) is 37.2 Å². The SMILES string of the molecule is CC(CNc1cc(N)ccc1C(N)=O)CN1CCCC1. The van der Waals surface area contributed by atoms with Crippen molar-refractivity contribution in [3.05, 3.63) is 23.8 Å². The lowest BCUT2D eigenvalue weighted by molar-refractivity contribution is 0.100. The molecule has 1 aliphatic heterocycles. The predicted molar refractivity (Wildman–Crippen MR) is 82.7 cm³/mol. The summed E-state index contributed by atoms with van der Waals surface area (Å²) >= 11 is 0. The van der Waals surface area contributed by atoms with Gasteiger partial charge in [0.05, 0.1) is 5.56 Å². The van der Waals surface area contributed by atoms with Gasteiger partial charge < -0.3 is 21.7 Å². The molecule has 0 spiro atoms. The number of nitrogens with two attached hydrogens (primary N) is 2. The molecule has 5 heteroatoms. The van der Waals surface area contributed by atoms with Crippen molar-refractivity contribution >= 4 is 17.3 Å². The summed E-state index contributed by atoms with van der Waals surface area (Å²) in [6.07, 6.45) is 2.61. The molecule has 5 N–H and O–H groups in total. The third-order valence-electron chi connectivity index (χ3n) is 3.72. The second-order valence-electron chi connectivity index (χ2n) is 5.66. The molecular weight excluding hydrogens is 252 g/mol. The molecule has 0 radical (unpaired) electrons. The van der Waals surface area contributed by atoms with E-state index < -0.39 is 5.91 Å². The van der Waals surface area contributed by atoms with Gasteiger partial charge in [0.2, 0.25) is 0 Å². The van der Waals surface area contributed by atoms with Crippen molar-refractivity contribution in [2.45, 2.75) is 19.8 Å². The van der Waals surface area contributed by atoms with Crippen LogP contribution in [0.4, 0.5) is 11.4 Å². The van der Waals surface area contributed by atoms with Crippen LogP contribution >= 0.6 is 0 Å². The summed E-state index contributed by atoms with van der Waals surface area (Å²) in [6.45, 7) is 6.51. The van der Waals surface area contributed by atoms with Gasteiger partial charge in [0.15, 0.2) is 0 Å². The van der Waals surface area contributed by atoms with Gasteiger partial charge in [-0.2, -0.15) is 0 Å². The molecule has 1 amide bonds. The Morgan fingerprint density at radius 1 is 1.40 bits per heavy atom. The fourth-order valence-corrected chi connectivity index (χ4v) is 2.68. The normalized spacial score (nSPS) is 17.1. The molecule has 1 atom stereocenters. The first-order valence-corrected chi connectivity index (χ1v) is 7.22. The molecule has 2 rings (SSSR count). The van der Waals surface area contributed by atoms with Crippen LogP contribution in [0, 0.1) is 5.92 Å². The van der Waals surface area contributed by atoms with Crippen molar-refractivity contribution in [1.29, 1.82) is 0 Å². The topological polar surface area (TPSA) is 84.4 Å². The van der Waals surface area contributed by atoms with E-state index in [4.69, 9.17) is 11.5 Å². The van der Waals surface area contributed by atoms with Gasteiger partial charge in [-0.05, 0) is 50.0 Å². The highest BCUT2D eigenvalue weighted by Gasteiger charge is 2.15. The molecule has 1 saturated heterocycles. The lowest BCUT2D eigenvalue weighted by Crippen LogP contribution is -2.29. The van der Waals surface area contributed by atoms with Crippen molar-refractivity contribution < 1.29 is 4.79 Å². The number of hydrogen-bond donors (Lipinski definition) is 3. The Morgan fingerprint density at radius 3 is 2.75 bits per heavy atom. The Kier molecular flexibility index (Phi) is 4.84. The average Bonchev–Trinajstić information content (AvgIpc) is 2.89. The molecule has 0 aliphatic carbocycles. The van der Waals surface area contributed by atoms with E-state index in [1.54, 1.807) is 18.2 Å². The van der Waals surface area contributed by atoms with Crippen molar-refractivity contribution in [3.63, 3.8) is 0 Å². The Balaban J connectivity index is 1.92. The van der Waals surface area contributed by atoms with Crippen molar-refractivity contribution in [2.24, 2.45) is 11.7 Å². The fourth-order valence-electron chi connectivity index (χ4n) is 2.68. The summed E-state index contributed by atoms with van der Waals surface area (Å²) in [7, 11) is 0. The molecule has 1 aromatic rings. The summed E-state index contributed by atoms with van der Waals surface area (Å²) in [6, 6.07) is 5.13. The number of nitrogen functional groups attached to an aromatic ring is 1. The van der Waals surface area contributed by atoms with Crippen LogP contribution in [0.3, 0.4) is 0 Å². The lowest BCUT2D eigenvalue weighted by Gasteiger charge is -2.21. The fraction of sp³-hybridized carbons (Fsp3) is 0.533. The molecule has 5 nitrogen and oxygen atoms in total. The number of benzene rings is 1. The Hall–Kier alpha value is -1.75. The molecular formula is C15H24N4O. The van der Waals surface area contributed by atoms with Crippen LogP contribution in [-0.2, 0) is 0 Å². The number of amides is 1. The number of rotatable bonds is 6. The van der Waals surface area contributed by atoms with Gasteiger partial charge in [-0.1, -0.05) is 6.92 Å². The molecule has 1 unspecified atom stereocenters. The van der Waals surface area contributed by atoms with E-state index in [9.17, 15) is 4.79 Å². The van der Waals surface area contributed by atoms with Crippen LogP contribution in [0.25, 0.3) is 0 Å². The maximum atomic E-state index is 11.4. The van der Waals surface area contributed by atoms with Gasteiger partial charge in [0.1, 0.15) is 0 Å². The van der Waals surface area contributed by atoms with Gasteiger partial charge in [-0.15, -0.1) is 0 Å². The number of anilines is 2. The maximum absolute atomic E-state index is 11.4. The second-order valence-corrected chi connectivity index (χ2v) is 5.66. The smallest absolute Gasteiger partial charge is 0.250 e. The molecule has 1 aliphatic rings. The van der Waals surface area contributed by atoms with Crippen molar-refractivity contribution in [3.8, 4) is 0 Å². The van der Waals surface area contributed by atoms with Crippen molar-refractivity contribution in [1.82, 2.24) is 4.90 Å². The minimum atomic E-state index is -0.431. The summed E-state index contributed by atoms with van der Waals surface area (Å²) in [5.41, 5.74) is 13.0. The lowest BCUT2D eigenvalue weighted by atomic mass is 10.1. The quantitative estimate of drug-likeness (QED) is 0.688. The van der Waals surface area contributed by atoms with Crippen LogP contribution in [0.15, 0.2) is 18.2 Å². The van der Waals surface area contributed by atoms with Crippen LogP contribution in [0.5, 0.6) is 0 Å². The number of carbonyl (C=O) groups excluding carboxylic acids is 1. The van der Waals surface area contributed by atoms with Gasteiger partial charge in [-0.3, -0.25) is 4.79 Å². The largest absolute Gasteiger partial charge is 0.399 e. The Morgan fingerprint density at radius 2 is 2.10 bits per heavy atom. The Bertz CT molecular complexity index is 469. The molecule has 0 bridgehead atoms. The molecule has 20 heavy (non-hydrogen) atoms. The zero-order chi connectivity index (χ0) is 14.5. The molecule has 110 valence electrons. The highest BCUT2D eigenvalue weighted by atomic mass is 16.1. The van der Waals surface area contributed by atoms with Gasteiger partial charge >= 0.3 is 0 Å². The first-order chi connectivity index (χ1) is 9.56. The summed E-state index contributed by atoms with van der Waals surface area (Å²) in [5.74, 6) is 0.0787. The first kappa shape index (κ1) is 14.7. The predicted octanol–water partition coefficient (Wildman–Crippen LogP) is 1.51. The molecule has 0 saturated carbocycles. The van der Waals surface area contributed by atoms with Crippen LogP contribution in [0.2, 0.25) is 0 Å². The molecule has 1 heterocycles. The van der Waals surface area contributed by atoms with Crippen LogP contribution in [-0.4, -0.2) is 37.0 Å². The minimum Gasteiger partial charge on any atom is -0.399 e. The standard InChI is InChI=1S/C15H24N4O/c1-11(10-19-6-2-3-7-19)9-18-14-8-12(16)4-5-13(14)15(17)20/h4-5,8,11,18H,2-3,6-7,9-10,16H2,1H3,(H2,17,20). The van der Waals surface area contributed by atoms with Gasteiger partial charge in [-0.25, -0.2) is 0 Å². The van der Waals surface area contributed by atoms with E-state index in [1.807, 2.05) is 0 Å². The van der Waals surface area contributed by atoms with E-state index in [0.29, 0.717) is 17.2 Å². The number of likely N-dealkylation sites (tertiary alicyclic amines) is 1. The zero-order valence-corrected chi connectivity index (χ0v) is 12.1. The number of nitrogens with zero attached hydrogens (tertiary/aromatic N) is 1. The second kappa shape index (κ2) is 6.61. The van der Waals surface area contributed by atoms with Crippen LogP contribution < -0.4 is 16.8 Å².